The average Bonchev–Trinajstić information content (AvgIpc) is 3.10. The summed E-state index contributed by atoms with van der Waals surface area (Å²) < 4.78 is 0. The minimum Gasteiger partial charge on any atom is -0.508 e. The van der Waals surface area contributed by atoms with Crippen molar-refractivity contribution in [3.63, 3.8) is 0 Å². The van der Waals surface area contributed by atoms with Crippen LogP contribution < -0.4 is 0 Å². The van der Waals surface area contributed by atoms with E-state index in [1.165, 1.54) is 18.4 Å². The molecular formula is C24H28ClNO2. The normalized spacial score (nSPS) is 22.6. The number of amides is 1. The van der Waals surface area contributed by atoms with Crippen LogP contribution in [0.2, 0.25) is 5.02 Å². The van der Waals surface area contributed by atoms with Crippen molar-refractivity contribution in [2.75, 3.05) is 6.54 Å². The zero-order valence-corrected chi connectivity index (χ0v) is 17.2. The molecule has 1 aliphatic heterocycles. The number of rotatable bonds is 4. The molecule has 2 unspecified atom stereocenters. The van der Waals surface area contributed by atoms with Crippen LogP contribution in [0.4, 0.5) is 0 Å². The van der Waals surface area contributed by atoms with E-state index in [0.717, 1.165) is 60.4 Å². The topological polar surface area (TPSA) is 40.5 Å². The van der Waals surface area contributed by atoms with Gasteiger partial charge in [-0.15, -0.1) is 0 Å². The predicted octanol–water partition coefficient (Wildman–Crippen LogP) is 5.74. The first-order valence-electron chi connectivity index (χ1n) is 10.4. The molecule has 28 heavy (non-hydrogen) atoms. The van der Waals surface area contributed by atoms with Crippen LogP contribution in [0.3, 0.4) is 0 Å². The highest BCUT2D eigenvalue weighted by molar-refractivity contribution is 6.31. The summed E-state index contributed by atoms with van der Waals surface area (Å²) in [6, 6.07) is 12.2. The van der Waals surface area contributed by atoms with E-state index in [1.54, 1.807) is 12.1 Å². The summed E-state index contributed by atoms with van der Waals surface area (Å²) in [5, 5.41) is 10.4. The van der Waals surface area contributed by atoms with Gasteiger partial charge in [0.05, 0.1) is 0 Å². The zero-order valence-electron chi connectivity index (χ0n) is 16.5. The molecule has 2 fully saturated rings. The molecule has 2 atom stereocenters. The molecule has 0 aromatic heterocycles. The van der Waals surface area contributed by atoms with Crippen LogP contribution in [0.5, 0.6) is 5.75 Å². The highest BCUT2D eigenvalue weighted by Gasteiger charge is 2.32. The fourth-order valence-electron chi connectivity index (χ4n) is 4.95. The molecule has 1 saturated heterocycles. The Labute approximate surface area is 172 Å². The van der Waals surface area contributed by atoms with E-state index in [-0.39, 0.29) is 5.75 Å². The zero-order chi connectivity index (χ0) is 19.7. The van der Waals surface area contributed by atoms with Crippen molar-refractivity contribution in [1.29, 1.82) is 0 Å². The quantitative estimate of drug-likeness (QED) is 0.714. The van der Waals surface area contributed by atoms with Crippen LogP contribution in [0.1, 0.15) is 49.7 Å². The summed E-state index contributed by atoms with van der Waals surface area (Å²) >= 11 is 6.65. The number of benzene rings is 2. The summed E-state index contributed by atoms with van der Waals surface area (Å²) in [5.74, 6) is 1.22. The summed E-state index contributed by atoms with van der Waals surface area (Å²) in [5.41, 5.74) is 4.40. The Morgan fingerprint density at radius 2 is 2.00 bits per heavy atom. The molecule has 0 radical (unpaired) electrons. The number of aromatic hydroxyl groups is 1. The van der Waals surface area contributed by atoms with Crippen LogP contribution in [-0.4, -0.2) is 28.5 Å². The molecule has 1 N–H and O–H groups in total. The van der Waals surface area contributed by atoms with Crippen LogP contribution in [0.15, 0.2) is 36.4 Å². The molecule has 0 bridgehead atoms. The molecule has 0 spiro atoms. The SMILES string of the molecule is Cc1cc(O)ccc1-c1ccc(CC2CCCC(N3CCCC3=O)C2)c(Cl)c1. The smallest absolute Gasteiger partial charge is 0.222 e. The Morgan fingerprint density at radius 3 is 2.71 bits per heavy atom. The first kappa shape index (κ1) is 19.3. The van der Waals surface area contributed by atoms with Crippen LogP contribution >= 0.6 is 11.6 Å². The number of hydrogen-bond donors (Lipinski definition) is 1. The number of nitrogens with zero attached hydrogens (tertiary/aromatic N) is 1. The first-order valence-corrected chi connectivity index (χ1v) is 10.8. The fourth-order valence-corrected chi connectivity index (χ4v) is 5.21. The Morgan fingerprint density at radius 1 is 1.14 bits per heavy atom. The molecular weight excluding hydrogens is 370 g/mol. The van der Waals surface area contributed by atoms with Crippen LogP contribution in [-0.2, 0) is 11.2 Å². The van der Waals surface area contributed by atoms with Gasteiger partial charge in [-0.2, -0.15) is 0 Å². The highest BCUT2D eigenvalue weighted by Crippen LogP contribution is 2.35. The van der Waals surface area contributed by atoms with Gasteiger partial charge in [-0.1, -0.05) is 36.2 Å². The van der Waals surface area contributed by atoms with E-state index in [2.05, 4.69) is 17.0 Å². The van der Waals surface area contributed by atoms with Gasteiger partial charge in [-0.05, 0) is 85.4 Å². The largest absolute Gasteiger partial charge is 0.508 e. The first-order chi connectivity index (χ1) is 13.5. The second-order valence-electron chi connectivity index (χ2n) is 8.39. The summed E-state index contributed by atoms with van der Waals surface area (Å²) in [7, 11) is 0. The van der Waals surface area contributed by atoms with Crippen LogP contribution in [0.25, 0.3) is 11.1 Å². The molecule has 3 nitrogen and oxygen atoms in total. The number of phenols is 1. The lowest BCUT2D eigenvalue weighted by atomic mass is 9.81. The molecule has 4 heteroatoms. The molecule has 148 valence electrons. The summed E-state index contributed by atoms with van der Waals surface area (Å²) in [6.45, 7) is 2.94. The molecule has 2 aliphatic rings. The van der Waals surface area contributed by atoms with E-state index in [4.69, 9.17) is 11.6 Å². The Kier molecular flexibility index (Phi) is 5.63. The molecule has 1 saturated carbocycles. The number of hydrogen-bond acceptors (Lipinski definition) is 2. The van der Waals surface area contributed by atoms with Gasteiger partial charge in [0.25, 0.3) is 0 Å². The summed E-state index contributed by atoms with van der Waals surface area (Å²) in [4.78, 5) is 14.2. The molecule has 2 aromatic carbocycles. The number of aryl methyl sites for hydroxylation is 1. The lowest BCUT2D eigenvalue weighted by Gasteiger charge is -2.35. The van der Waals surface area contributed by atoms with Crippen molar-refractivity contribution in [2.45, 2.75) is 57.9 Å². The maximum Gasteiger partial charge on any atom is 0.222 e. The predicted molar refractivity (Wildman–Crippen MR) is 114 cm³/mol. The fraction of sp³-hybridized carbons (Fsp3) is 0.458. The third kappa shape index (κ3) is 4.05. The highest BCUT2D eigenvalue weighted by atomic mass is 35.5. The molecule has 2 aromatic rings. The standard InChI is InChI=1S/C24H28ClNO2/c1-16-12-21(27)9-10-22(16)18-7-8-19(23(25)15-18)13-17-4-2-5-20(14-17)26-11-3-6-24(26)28/h7-10,12,15,17,20,27H,2-6,11,13-14H2,1H3. The number of halogens is 1. The third-order valence-corrected chi connectivity index (χ3v) is 6.74. The van der Waals surface area contributed by atoms with E-state index < -0.39 is 0 Å². The Balaban J connectivity index is 1.47. The van der Waals surface area contributed by atoms with Gasteiger partial charge < -0.3 is 10.0 Å². The van der Waals surface area contributed by atoms with Gasteiger partial charge >= 0.3 is 0 Å². The molecule has 1 aliphatic carbocycles. The maximum atomic E-state index is 12.1. The van der Waals surface area contributed by atoms with E-state index in [9.17, 15) is 9.90 Å². The molecule has 4 rings (SSSR count). The third-order valence-electron chi connectivity index (χ3n) is 6.39. The van der Waals surface area contributed by atoms with Gasteiger partial charge in [0, 0.05) is 24.0 Å². The minimum atomic E-state index is 0.285. The van der Waals surface area contributed by atoms with Crippen molar-refractivity contribution in [1.82, 2.24) is 4.90 Å². The Bertz CT molecular complexity index is 879. The van der Waals surface area contributed by atoms with Gasteiger partial charge in [-0.3, -0.25) is 4.79 Å². The number of likely N-dealkylation sites (tertiary alicyclic amines) is 1. The molecule has 1 heterocycles. The average molecular weight is 398 g/mol. The Hall–Kier alpha value is -2.00. The molecule has 1 amide bonds. The monoisotopic (exact) mass is 397 g/mol. The lowest BCUT2D eigenvalue weighted by Crippen LogP contribution is -2.39. The van der Waals surface area contributed by atoms with Crippen LogP contribution in [0, 0.1) is 12.8 Å². The van der Waals surface area contributed by atoms with Crippen molar-refractivity contribution in [3.8, 4) is 16.9 Å². The van der Waals surface area contributed by atoms with E-state index in [0.29, 0.717) is 17.9 Å². The maximum absolute atomic E-state index is 12.1. The van der Waals surface area contributed by atoms with Gasteiger partial charge in [0.2, 0.25) is 5.91 Å². The lowest BCUT2D eigenvalue weighted by molar-refractivity contribution is -0.130. The number of phenolic OH excluding ortho intramolecular Hbond substituents is 1. The van der Waals surface area contributed by atoms with Crippen molar-refractivity contribution >= 4 is 17.5 Å². The van der Waals surface area contributed by atoms with Crippen molar-refractivity contribution < 1.29 is 9.90 Å². The minimum absolute atomic E-state index is 0.285. The summed E-state index contributed by atoms with van der Waals surface area (Å²) in [6.07, 6.45) is 7.38. The van der Waals surface area contributed by atoms with Gasteiger partial charge in [-0.25, -0.2) is 0 Å². The number of carbonyl (C=O) groups excluding carboxylic acids is 1. The second-order valence-corrected chi connectivity index (χ2v) is 8.79. The van der Waals surface area contributed by atoms with Crippen molar-refractivity contribution in [2.24, 2.45) is 5.92 Å². The number of carbonyl (C=O) groups is 1. The van der Waals surface area contributed by atoms with Gasteiger partial charge in [0.1, 0.15) is 5.75 Å². The van der Waals surface area contributed by atoms with Gasteiger partial charge in [0.15, 0.2) is 0 Å². The van der Waals surface area contributed by atoms with E-state index in [1.807, 2.05) is 19.1 Å². The second kappa shape index (κ2) is 8.16. The van der Waals surface area contributed by atoms with E-state index >= 15 is 0 Å². The van der Waals surface area contributed by atoms with Crippen molar-refractivity contribution in [3.05, 3.63) is 52.5 Å².